The van der Waals surface area contributed by atoms with E-state index in [2.05, 4.69) is 23.4 Å². The SMILES string of the molecule is Cc1ccsc1CN(C)C(=O)/C=C/c1cccc2cccnc12. The summed E-state index contributed by atoms with van der Waals surface area (Å²) in [6.45, 7) is 2.71. The van der Waals surface area contributed by atoms with Crippen molar-refractivity contribution in [1.82, 2.24) is 9.88 Å². The van der Waals surface area contributed by atoms with Crippen LogP contribution in [0.15, 0.2) is 54.1 Å². The first-order chi connectivity index (χ1) is 11.1. The van der Waals surface area contributed by atoms with Crippen molar-refractivity contribution in [1.29, 1.82) is 0 Å². The summed E-state index contributed by atoms with van der Waals surface area (Å²) in [4.78, 5) is 19.7. The summed E-state index contributed by atoms with van der Waals surface area (Å²) in [6.07, 6.45) is 5.23. The standard InChI is InChI=1S/C19H18N2OS/c1-14-10-12-23-17(14)13-21(2)18(22)9-8-16-6-3-5-15-7-4-11-20-19(15)16/h3-12H,13H2,1-2H3/b9-8+. The van der Waals surface area contributed by atoms with Gasteiger partial charge in [0.1, 0.15) is 0 Å². The Morgan fingerprint density at radius 2 is 2.09 bits per heavy atom. The number of pyridine rings is 1. The molecule has 0 fully saturated rings. The smallest absolute Gasteiger partial charge is 0.246 e. The molecule has 0 saturated carbocycles. The van der Waals surface area contributed by atoms with Gasteiger partial charge >= 0.3 is 0 Å². The first kappa shape index (κ1) is 15.4. The Kier molecular flexibility index (Phi) is 4.53. The molecule has 0 aliphatic carbocycles. The second kappa shape index (κ2) is 6.75. The number of amides is 1. The van der Waals surface area contributed by atoms with Crippen molar-refractivity contribution in [2.24, 2.45) is 0 Å². The topological polar surface area (TPSA) is 33.2 Å². The van der Waals surface area contributed by atoms with Gasteiger partial charge in [0.2, 0.25) is 5.91 Å². The number of fused-ring (bicyclic) bond motifs is 1. The van der Waals surface area contributed by atoms with Crippen molar-refractivity contribution in [2.45, 2.75) is 13.5 Å². The molecule has 1 aromatic carbocycles. The summed E-state index contributed by atoms with van der Waals surface area (Å²) < 4.78 is 0. The molecule has 2 aromatic heterocycles. The van der Waals surface area contributed by atoms with Crippen molar-refractivity contribution in [3.05, 3.63) is 70.1 Å². The highest BCUT2D eigenvalue weighted by molar-refractivity contribution is 7.10. The zero-order chi connectivity index (χ0) is 16.2. The molecule has 116 valence electrons. The monoisotopic (exact) mass is 322 g/mol. The third-order valence-corrected chi connectivity index (χ3v) is 4.80. The number of hydrogen-bond donors (Lipinski definition) is 0. The number of aromatic nitrogens is 1. The van der Waals surface area contributed by atoms with Crippen LogP contribution in [-0.4, -0.2) is 22.8 Å². The molecule has 3 nitrogen and oxygen atoms in total. The van der Waals surface area contributed by atoms with E-state index in [0.717, 1.165) is 16.5 Å². The van der Waals surface area contributed by atoms with Gasteiger partial charge < -0.3 is 4.90 Å². The van der Waals surface area contributed by atoms with E-state index < -0.39 is 0 Å². The second-order valence-corrected chi connectivity index (χ2v) is 6.48. The minimum Gasteiger partial charge on any atom is -0.337 e. The number of likely N-dealkylation sites (N-methyl/N-ethyl adjacent to an activating group) is 1. The largest absolute Gasteiger partial charge is 0.337 e. The lowest BCUT2D eigenvalue weighted by molar-refractivity contribution is -0.125. The van der Waals surface area contributed by atoms with E-state index in [1.54, 1.807) is 28.5 Å². The van der Waals surface area contributed by atoms with Gasteiger partial charge in [-0.05, 0) is 36.1 Å². The number of nitrogens with zero attached hydrogens (tertiary/aromatic N) is 2. The van der Waals surface area contributed by atoms with Gasteiger partial charge in [-0.1, -0.05) is 24.3 Å². The molecule has 0 aliphatic rings. The Balaban J connectivity index is 1.76. The van der Waals surface area contributed by atoms with Gasteiger partial charge in [-0.2, -0.15) is 0 Å². The lowest BCUT2D eigenvalue weighted by Gasteiger charge is -2.14. The molecule has 0 radical (unpaired) electrons. The lowest BCUT2D eigenvalue weighted by Crippen LogP contribution is -2.23. The quantitative estimate of drug-likeness (QED) is 0.672. The Morgan fingerprint density at radius 3 is 2.87 bits per heavy atom. The van der Waals surface area contributed by atoms with Crippen LogP contribution in [0.3, 0.4) is 0 Å². The van der Waals surface area contributed by atoms with E-state index >= 15 is 0 Å². The van der Waals surface area contributed by atoms with Crippen molar-refractivity contribution < 1.29 is 4.79 Å². The molecule has 0 aliphatic heterocycles. The summed E-state index contributed by atoms with van der Waals surface area (Å²) in [5.41, 5.74) is 3.10. The number of carbonyl (C=O) groups excluding carboxylic acids is 1. The molecule has 23 heavy (non-hydrogen) atoms. The predicted molar refractivity (Wildman–Crippen MR) is 96.3 cm³/mol. The van der Waals surface area contributed by atoms with Gasteiger partial charge in [0.25, 0.3) is 0 Å². The van der Waals surface area contributed by atoms with E-state index in [4.69, 9.17) is 0 Å². The predicted octanol–water partition coefficient (Wildman–Crippen LogP) is 4.28. The van der Waals surface area contributed by atoms with Gasteiger partial charge in [-0.25, -0.2) is 0 Å². The van der Waals surface area contributed by atoms with Crippen LogP contribution in [-0.2, 0) is 11.3 Å². The number of thiophene rings is 1. The lowest BCUT2D eigenvalue weighted by atomic mass is 10.1. The molecular formula is C19H18N2OS. The zero-order valence-electron chi connectivity index (χ0n) is 13.2. The maximum absolute atomic E-state index is 12.3. The average molecular weight is 322 g/mol. The van der Waals surface area contributed by atoms with E-state index in [1.807, 2.05) is 43.5 Å². The summed E-state index contributed by atoms with van der Waals surface area (Å²) in [5.74, 6) is -0.00858. The molecule has 0 N–H and O–H groups in total. The fourth-order valence-corrected chi connectivity index (χ4v) is 3.37. The molecule has 4 heteroatoms. The van der Waals surface area contributed by atoms with Crippen molar-refractivity contribution in [2.75, 3.05) is 7.05 Å². The van der Waals surface area contributed by atoms with E-state index in [9.17, 15) is 4.79 Å². The van der Waals surface area contributed by atoms with Gasteiger partial charge in [-0.3, -0.25) is 9.78 Å². The molecule has 0 atom stereocenters. The number of aryl methyl sites for hydroxylation is 1. The van der Waals surface area contributed by atoms with Crippen molar-refractivity contribution >= 4 is 34.2 Å². The minimum absolute atomic E-state index is 0.00858. The van der Waals surface area contributed by atoms with Crippen LogP contribution >= 0.6 is 11.3 Å². The molecule has 3 aromatic rings. The minimum atomic E-state index is -0.00858. The Morgan fingerprint density at radius 1 is 1.26 bits per heavy atom. The Labute approximate surface area is 139 Å². The highest BCUT2D eigenvalue weighted by Gasteiger charge is 2.09. The average Bonchev–Trinajstić information content (AvgIpc) is 2.97. The summed E-state index contributed by atoms with van der Waals surface area (Å²) >= 11 is 1.68. The number of carbonyl (C=O) groups is 1. The van der Waals surface area contributed by atoms with Gasteiger partial charge in [-0.15, -0.1) is 11.3 Å². The third-order valence-electron chi connectivity index (χ3n) is 3.79. The zero-order valence-corrected chi connectivity index (χ0v) is 14.0. The van der Waals surface area contributed by atoms with Crippen LogP contribution in [0.25, 0.3) is 17.0 Å². The fourth-order valence-electron chi connectivity index (χ4n) is 2.41. The molecule has 0 unspecified atom stereocenters. The molecule has 0 bridgehead atoms. The Hall–Kier alpha value is -2.46. The molecule has 0 spiro atoms. The van der Waals surface area contributed by atoms with Crippen LogP contribution < -0.4 is 0 Å². The number of hydrogen-bond acceptors (Lipinski definition) is 3. The number of para-hydroxylation sites is 1. The van der Waals surface area contributed by atoms with E-state index in [0.29, 0.717) is 6.54 Å². The van der Waals surface area contributed by atoms with Crippen LogP contribution in [0, 0.1) is 6.92 Å². The van der Waals surface area contributed by atoms with Gasteiger partial charge in [0, 0.05) is 35.1 Å². The molecule has 0 saturated heterocycles. The van der Waals surface area contributed by atoms with Crippen LogP contribution in [0.1, 0.15) is 16.0 Å². The van der Waals surface area contributed by atoms with Crippen LogP contribution in [0.4, 0.5) is 0 Å². The summed E-state index contributed by atoms with van der Waals surface area (Å²) in [5, 5.41) is 3.13. The third kappa shape index (κ3) is 3.48. The highest BCUT2D eigenvalue weighted by atomic mass is 32.1. The Bertz CT molecular complexity index is 861. The van der Waals surface area contributed by atoms with Crippen molar-refractivity contribution in [3.63, 3.8) is 0 Å². The summed E-state index contributed by atoms with van der Waals surface area (Å²) in [7, 11) is 1.83. The molecule has 2 heterocycles. The van der Waals surface area contributed by atoms with Gasteiger partial charge in [0.15, 0.2) is 0 Å². The fraction of sp³-hybridized carbons (Fsp3) is 0.158. The maximum Gasteiger partial charge on any atom is 0.246 e. The van der Waals surface area contributed by atoms with Gasteiger partial charge in [0.05, 0.1) is 12.1 Å². The first-order valence-electron chi connectivity index (χ1n) is 7.45. The molecule has 1 amide bonds. The second-order valence-electron chi connectivity index (χ2n) is 5.48. The van der Waals surface area contributed by atoms with E-state index in [-0.39, 0.29) is 5.91 Å². The maximum atomic E-state index is 12.3. The molecular weight excluding hydrogens is 304 g/mol. The van der Waals surface area contributed by atoms with Crippen LogP contribution in [0.2, 0.25) is 0 Å². The molecule has 3 rings (SSSR count). The van der Waals surface area contributed by atoms with Crippen molar-refractivity contribution in [3.8, 4) is 0 Å². The first-order valence-corrected chi connectivity index (χ1v) is 8.33. The number of rotatable bonds is 4. The number of benzene rings is 1. The highest BCUT2D eigenvalue weighted by Crippen LogP contribution is 2.19. The summed E-state index contributed by atoms with van der Waals surface area (Å²) in [6, 6.07) is 12.0. The van der Waals surface area contributed by atoms with Crippen LogP contribution in [0.5, 0.6) is 0 Å². The normalized spacial score (nSPS) is 11.2. The van der Waals surface area contributed by atoms with E-state index in [1.165, 1.54) is 10.4 Å².